The number of hydrogen-bond acceptors (Lipinski definition) is 2. The van der Waals surface area contributed by atoms with Gasteiger partial charge in [0.25, 0.3) is 0 Å². The van der Waals surface area contributed by atoms with Crippen LogP contribution in [-0.2, 0) is 4.79 Å². The molecule has 23 heavy (non-hydrogen) atoms. The number of likely N-dealkylation sites (tertiary alicyclic amines) is 1. The molecule has 126 valence electrons. The molecular weight excluding hydrogens is 313 g/mol. The predicted molar refractivity (Wildman–Crippen MR) is 76.0 cm³/mol. The number of nitrogens with zero attached hydrogens (tertiary/aromatic N) is 1. The zero-order chi connectivity index (χ0) is 17.0. The number of aliphatic carboxylic acids is 1. The SMILES string of the molecule is O=C(O)C1CCN(C(=O)NCC(c2ccccc2)C(F)(F)F)C1. The van der Waals surface area contributed by atoms with Crippen LogP contribution in [-0.4, -0.2) is 47.8 Å². The third-order valence-electron chi connectivity index (χ3n) is 3.88. The molecule has 1 aliphatic rings. The Kier molecular flexibility index (Phi) is 5.12. The van der Waals surface area contributed by atoms with Crippen LogP contribution < -0.4 is 5.32 Å². The molecule has 2 N–H and O–H groups in total. The molecule has 1 fully saturated rings. The summed E-state index contributed by atoms with van der Waals surface area (Å²) in [5, 5.41) is 11.1. The van der Waals surface area contributed by atoms with Crippen molar-refractivity contribution in [1.82, 2.24) is 10.2 Å². The molecule has 1 saturated heterocycles. The van der Waals surface area contributed by atoms with Crippen molar-refractivity contribution < 1.29 is 27.9 Å². The van der Waals surface area contributed by atoms with Gasteiger partial charge in [-0.1, -0.05) is 30.3 Å². The van der Waals surface area contributed by atoms with Crippen molar-refractivity contribution >= 4 is 12.0 Å². The number of carboxylic acids is 1. The lowest BCUT2D eigenvalue weighted by Gasteiger charge is -2.23. The fourth-order valence-corrected chi connectivity index (χ4v) is 2.56. The van der Waals surface area contributed by atoms with Crippen LogP contribution in [0.1, 0.15) is 17.9 Å². The van der Waals surface area contributed by atoms with E-state index in [0.29, 0.717) is 6.42 Å². The van der Waals surface area contributed by atoms with Gasteiger partial charge in [0.05, 0.1) is 11.8 Å². The summed E-state index contributed by atoms with van der Waals surface area (Å²) < 4.78 is 39.5. The van der Waals surface area contributed by atoms with Crippen LogP contribution in [0.25, 0.3) is 0 Å². The predicted octanol–water partition coefficient (Wildman–Crippen LogP) is 2.45. The van der Waals surface area contributed by atoms with E-state index in [9.17, 15) is 22.8 Å². The average Bonchev–Trinajstić information content (AvgIpc) is 2.97. The van der Waals surface area contributed by atoms with Crippen LogP contribution in [0, 0.1) is 5.92 Å². The van der Waals surface area contributed by atoms with Gasteiger partial charge in [-0.3, -0.25) is 4.79 Å². The number of urea groups is 1. The number of benzene rings is 1. The van der Waals surface area contributed by atoms with Gasteiger partial charge >= 0.3 is 18.2 Å². The number of rotatable bonds is 4. The quantitative estimate of drug-likeness (QED) is 0.891. The molecule has 1 heterocycles. The highest BCUT2D eigenvalue weighted by Crippen LogP contribution is 2.34. The smallest absolute Gasteiger partial charge is 0.397 e. The maximum Gasteiger partial charge on any atom is 0.397 e. The lowest BCUT2D eigenvalue weighted by molar-refractivity contribution is -0.149. The Morgan fingerprint density at radius 2 is 1.96 bits per heavy atom. The van der Waals surface area contributed by atoms with Gasteiger partial charge in [-0.2, -0.15) is 13.2 Å². The number of carboxylic acid groups (broad SMARTS) is 1. The molecule has 8 heteroatoms. The standard InChI is InChI=1S/C15H17F3N2O3/c16-15(17,18)12(10-4-2-1-3-5-10)8-19-14(23)20-7-6-11(9-20)13(21)22/h1-5,11-12H,6-9H2,(H,19,23)(H,21,22). The zero-order valence-corrected chi connectivity index (χ0v) is 12.2. The van der Waals surface area contributed by atoms with Crippen molar-refractivity contribution in [3.05, 3.63) is 35.9 Å². The summed E-state index contributed by atoms with van der Waals surface area (Å²) in [5.41, 5.74) is 0.0742. The van der Waals surface area contributed by atoms with E-state index < -0.39 is 36.6 Å². The second kappa shape index (κ2) is 6.89. The van der Waals surface area contributed by atoms with Crippen LogP contribution in [0.4, 0.5) is 18.0 Å². The summed E-state index contributed by atoms with van der Waals surface area (Å²) in [6.45, 7) is -0.339. The van der Waals surface area contributed by atoms with Gasteiger partial charge in [0.2, 0.25) is 0 Å². The van der Waals surface area contributed by atoms with E-state index in [-0.39, 0.29) is 18.7 Å². The maximum atomic E-state index is 13.2. The second-order valence-corrected chi connectivity index (χ2v) is 5.46. The fourth-order valence-electron chi connectivity index (χ4n) is 2.56. The van der Waals surface area contributed by atoms with Gasteiger partial charge in [-0.15, -0.1) is 0 Å². The topological polar surface area (TPSA) is 69.6 Å². The third kappa shape index (κ3) is 4.37. The largest absolute Gasteiger partial charge is 0.481 e. The molecule has 0 bridgehead atoms. The summed E-state index contributed by atoms with van der Waals surface area (Å²) in [4.78, 5) is 24.0. The minimum atomic E-state index is -4.48. The van der Waals surface area contributed by atoms with Crippen LogP contribution in [0.3, 0.4) is 0 Å². The number of halogens is 3. The van der Waals surface area contributed by atoms with Crippen molar-refractivity contribution in [2.24, 2.45) is 5.92 Å². The second-order valence-electron chi connectivity index (χ2n) is 5.46. The number of alkyl halides is 3. The molecule has 5 nitrogen and oxygen atoms in total. The molecular formula is C15H17F3N2O3. The lowest BCUT2D eigenvalue weighted by atomic mass is 9.98. The first kappa shape index (κ1) is 17.1. The van der Waals surface area contributed by atoms with Crippen LogP contribution in [0.15, 0.2) is 30.3 Å². The lowest BCUT2D eigenvalue weighted by Crippen LogP contribution is -2.42. The molecule has 2 unspecified atom stereocenters. The molecule has 1 aromatic carbocycles. The summed E-state index contributed by atoms with van der Waals surface area (Å²) in [5.74, 6) is -3.46. The first-order valence-electron chi connectivity index (χ1n) is 7.16. The number of hydrogen-bond donors (Lipinski definition) is 2. The molecule has 0 saturated carbocycles. The van der Waals surface area contributed by atoms with Crippen molar-refractivity contribution in [1.29, 1.82) is 0 Å². The Balaban J connectivity index is 1.97. The Labute approximate surface area is 131 Å². The highest BCUT2D eigenvalue weighted by Gasteiger charge is 2.41. The first-order chi connectivity index (χ1) is 10.8. The molecule has 2 amide bonds. The third-order valence-corrected chi connectivity index (χ3v) is 3.88. The molecule has 2 rings (SSSR count). The zero-order valence-electron chi connectivity index (χ0n) is 12.2. The highest BCUT2D eigenvalue weighted by molar-refractivity contribution is 5.77. The van der Waals surface area contributed by atoms with Gasteiger partial charge in [-0.25, -0.2) is 4.79 Å². The Morgan fingerprint density at radius 1 is 1.30 bits per heavy atom. The molecule has 0 radical (unpaired) electrons. The Morgan fingerprint density at radius 3 is 2.48 bits per heavy atom. The van der Waals surface area contributed by atoms with Gasteiger partial charge in [0.1, 0.15) is 0 Å². The molecule has 2 atom stereocenters. The average molecular weight is 330 g/mol. The van der Waals surface area contributed by atoms with Crippen molar-refractivity contribution in [3.8, 4) is 0 Å². The van der Waals surface area contributed by atoms with Crippen molar-refractivity contribution in [2.45, 2.75) is 18.5 Å². The van der Waals surface area contributed by atoms with E-state index in [2.05, 4.69) is 5.32 Å². The first-order valence-corrected chi connectivity index (χ1v) is 7.16. The number of carbonyl (C=O) groups is 2. The normalized spacial score (nSPS) is 19.4. The van der Waals surface area contributed by atoms with E-state index in [4.69, 9.17) is 5.11 Å². The molecule has 0 spiro atoms. The van der Waals surface area contributed by atoms with Crippen molar-refractivity contribution in [3.63, 3.8) is 0 Å². The van der Waals surface area contributed by atoms with Crippen LogP contribution in [0.2, 0.25) is 0 Å². The Hall–Kier alpha value is -2.25. The van der Waals surface area contributed by atoms with Gasteiger partial charge in [0.15, 0.2) is 0 Å². The van der Waals surface area contributed by atoms with Gasteiger partial charge in [0, 0.05) is 19.6 Å². The van der Waals surface area contributed by atoms with E-state index >= 15 is 0 Å². The highest BCUT2D eigenvalue weighted by atomic mass is 19.4. The summed E-state index contributed by atoms with van der Waals surface area (Å²) >= 11 is 0. The summed E-state index contributed by atoms with van der Waals surface area (Å²) in [6.07, 6.45) is -4.17. The molecule has 0 aromatic heterocycles. The molecule has 1 aliphatic heterocycles. The van der Waals surface area contributed by atoms with Gasteiger partial charge in [-0.05, 0) is 12.0 Å². The number of nitrogens with one attached hydrogen (secondary N) is 1. The van der Waals surface area contributed by atoms with E-state index in [0.717, 1.165) is 0 Å². The van der Waals surface area contributed by atoms with E-state index in [1.165, 1.54) is 29.2 Å². The van der Waals surface area contributed by atoms with Crippen LogP contribution >= 0.6 is 0 Å². The minimum Gasteiger partial charge on any atom is -0.481 e. The number of amides is 2. The Bertz CT molecular complexity index is 563. The van der Waals surface area contributed by atoms with E-state index in [1.54, 1.807) is 6.07 Å². The maximum absolute atomic E-state index is 13.2. The summed E-state index contributed by atoms with van der Waals surface area (Å²) in [7, 11) is 0. The van der Waals surface area contributed by atoms with Crippen molar-refractivity contribution in [2.75, 3.05) is 19.6 Å². The monoisotopic (exact) mass is 330 g/mol. The fraction of sp³-hybridized carbons (Fsp3) is 0.467. The van der Waals surface area contributed by atoms with Crippen LogP contribution in [0.5, 0.6) is 0 Å². The minimum absolute atomic E-state index is 0.0171. The summed E-state index contributed by atoms with van der Waals surface area (Å²) in [6, 6.07) is 6.69. The molecule has 1 aromatic rings. The molecule has 0 aliphatic carbocycles. The number of carbonyl (C=O) groups excluding carboxylic acids is 1. The van der Waals surface area contributed by atoms with Gasteiger partial charge < -0.3 is 15.3 Å². The van der Waals surface area contributed by atoms with E-state index in [1.807, 2.05) is 0 Å².